The van der Waals surface area contributed by atoms with Crippen LogP contribution in [0.4, 0.5) is 5.69 Å². The van der Waals surface area contributed by atoms with Crippen molar-refractivity contribution in [1.29, 1.82) is 0 Å². The van der Waals surface area contributed by atoms with Crippen molar-refractivity contribution < 1.29 is 4.79 Å². The van der Waals surface area contributed by atoms with Crippen LogP contribution in [0, 0.1) is 0 Å². The summed E-state index contributed by atoms with van der Waals surface area (Å²) in [5.41, 5.74) is 0.622. The largest absolute Gasteiger partial charge is 0.324 e. The van der Waals surface area contributed by atoms with Crippen molar-refractivity contribution in [3.8, 4) is 0 Å². The summed E-state index contributed by atoms with van der Waals surface area (Å²) in [6.45, 7) is 0.0562. The third-order valence-corrected chi connectivity index (χ3v) is 3.13. The van der Waals surface area contributed by atoms with Crippen LogP contribution in [0.15, 0.2) is 29.0 Å². The van der Waals surface area contributed by atoms with Gasteiger partial charge in [-0.25, -0.2) is 4.68 Å². The molecule has 1 aromatic heterocycles. The molecule has 1 N–H and O–H groups in total. The van der Waals surface area contributed by atoms with Crippen LogP contribution in [0.5, 0.6) is 0 Å². The zero-order valence-electron chi connectivity index (χ0n) is 8.47. The molecule has 2 rings (SSSR count). The van der Waals surface area contributed by atoms with Gasteiger partial charge in [-0.1, -0.05) is 11.6 Å². The topological polar surface area (TPSA) is 72.7 Å². The summed E-state index contributed by atoms with van der Waals surface area (Å²) in [4.78, 5) is 11.6. The Morgan fingerprint density at radius 3 is 3.00 bits per heavy atom. The van der Waals surface area contributed by atoms with Crippen molar-refractivity contribution in [2.75, 3.05) is 5.32 Å². The summed E-state index contributed by atoms with van der Waals surface area (Å²) in [5.74, 6) is -0.226. The lowest BCUT2D eigenvalue weighted by Crippen LogP contribution is -2.19. The van der Waals surface area contributed by atoms with Crippen LogP contribution in [0.1, 0.15) is 0 Å². The molecule has 0 fully saturated rings. The number of carbonyl (C=O) groups is 1. The normalized spacial score (nSPS) is 10.2. The summed E-state index contributed by atoms with van der Waals surface area (Å²) < 4.78 is 2.10. The van der Waals surface area contributed by atoms with Gasteiger partial charge >= 0.3 is 0 Å². The summed E-state index contributed by atoms with van der Waals surface area (Å²) in [6.07, 6.45) is 1.37. The molecule has 0 aliphatic heterocycles. The molecule has 0 atom stereocenters. The Bertz CT molecular complexity index is 530. The number of amides is 1. The van der Waals surface area contributed by atoms with Crippen LogP contribution >= 0.6 is 27.5 Å². The molecule has 17 heavy (non-hydrogen) atoms. The summed E-state index contributed by atoms with van der Waals surface area (Å²) in [7, 11) is 0. The van der Waals surface area contributed by atoms with E-state index in [1.165, 1.54) is 11.0 Å². The van der Waals surface area contributed by atoms with E-state index in [-0.39, 0.29) is 12.5 Å². The summed E-state index contributed by atoms with van der Waals surface area (Å²) >= 11 is 9.17. The lowest BCUT2D eigenvalue weighted by molar-refractivity contribution is -0.116. The van der Waals surface area contributed by atoms with Crippen LogP contribution < -0.4 is 5.32 Å². The van der Waals surface area contributed by atoms with Crippen molar-refractivity contribution in [3.63, 3.8) is 0 Å². The number of nitrogens with one attached hydrogen (secondary N) is 1. The van der Waals surface area contributed by atoms with Gasteiger partial charge in [0.2, 0.25) is 5.91 Å². The fourth-order valence-electron chi connectivity index (χ4n) is 1.17. The van der Waals surface area contributed by atoms with E-state index in [0.29, 0.717) is 10.7 Å². The monoisotopic (exact) mass is 315 g/mol. The van der Waals surface area contributed by atoms with Crippen molar-refractivity contribution >= 4 is 39.1 Å². The smallest absolute Gasteiger partial charge is 0.246 e. The van der Waals surface area contributed by atoms with Crippen molar-refractivity contribution in [3.05, 3.63) is 34.0 Å². The van der Waals surface area contributed by atoms with Gasteiger partial charge in [0, 0.05) is 10.2 Å². The molecule has 2 aromatic rings. The molecule has 0 radical (unpaired) electrons. The number of aromatic nitrogens is 4. The molecule has 88 valence electrons. The molecule has 1 aromatic carbocycles. The zero-order chi connectivity index (χ0) is 12.3. The molecule has 0 unspecified atom stereocenters. The Morgan fingerprint density at radius 2 is 2.35 bits per heavy atom. The molecular formula is C9H7BrClN5O. The molecule has 0 saturated heterocycles. The van der Waals surface area contributed by atoms with E-state index < -0.39 is 0 Å². The van der Waals surface area contributed by atoms with Gasteiger partial charge < -0.3 is 5.32 Å². The molecule has 8 heteroatoms. The average molecular weight is 317 g/mol. The number of rotatable bonds is 3. The molecule has 0 spiro atoms. The van der Waals surface area contributed by atoms with E-state index >= 15 is 0 Å². The Kier molecular flexibility index (Phi) is 3.70. The fraction of sp³-hybridized carbons (Fsp3) is 0.111. The third-order valence-electron chi connectivity index (χ3n) is 1.90. The van der Waals surface area contributed by atoms with Crippen LogP contribution in [-0.2, 0) is 11.3 Å². The van der Waals surface area contributed by atoms with E-state index in [0.717, 1.165) is 4.47 Å². The second-order valence-corrected chi connectivity index (χ2v) is 4.45. The number of nitrogens with zero attached hydrogens (tertiary/aromatic N) is 4. The second-order valence-electron chi connectivity index (χ2n) is 3.18. The lowest BCUT2D eigenvalue weighted by Gasteiger charge is -2.05. The molecule has 1 amide bonds. The zero-order valence-corrected chi connectivity index (χ0v) is 10.8. The minimum absolute atomic E-state index is 0.0562. The fourth-order valence-corrected chi connectivity index (χ4v) is 1.60. The van der Waals surface area contributed by atoms with E-state index in [1.807, 2.05) is 0 Å². The van der Waals surface area contributed by atoms with Gasteiger partial charge in [-0.3, -0.25) is 4.79 Å². The summed E-state index contributed by atoms with van der Waals surface area (Å²) in [5, 5.41) is 13.7. The first-order chi connectivity index (χ1) is 8.15. The van der Waals surface area contributed by atoms with Gasteiger partial charge in [-0.05, 0) is 44.6 Å². The van der Waals surface area contributed by atoms with Gasteiger partial charge in [-0.2, -0.15) is 0 Å². The van der Waals surface area contributed by atoms with Crippen molar-refractivity contribution in [2.24, 2.45) is 0 Å². The maximum absolute atomic E-state index is 11.6. The number of anilines is 1. The highest BCUT2D eigenvalue weighted by Crippen LogP contribution is 2.25. The van der Waals surface area contributed by atoms with E-state index in [4.69, 9.17) is 11.6 Å². The highest BCUT2D eigenvalue weighted by molar-refractivity contribution is 9.10. The van der Waals surface area contributed by atoms with Gasteiger partial charge in [-0.15, -0.1) is 5.10 Å². The Labute approximate surface area is 110 Å². The number of hydrogen-bond donors (Lipinski definition) is 1. The van der Waals surface area contributed by atoms with Crippen molar-refractivity contribution in [2.45, 2.75) is 6.54 Å². The highest BCUT2D eigenvalue weighted by atomic mass is 79.9. The molecule has 0 saturated carbocycles. The first-order valence-electron chi connectivity index (χ1n) is 4.61. The predicted molar refractivity (Wildman–Crippen MR) is 65.6 cm³/mol. The second kappa shape index (κ2) is 5.24. The van der Waals surface area contributed by atoms with Crippen LogP contribution in [0.3, 0.4) is 0 Å². The number of carbonyl (C=O) groups excluding carboxylic acids is 1. The lowest BCUT2D eigenvalue weighted by atomic mass is 10.3. The molecule has 0 aliphatic carbocycles. The number of halogens is 2. The molecular weight excluding hydrogens is 309 g/mol. The van der Waals surface area contributed by atoms with Gasteiger partial charge in [0.15, 0.2) is 0 Å². The van der Waals surface area contributed by atoms with E-state index in [9.17, 15) is 4.79 Å². The van der Waals surface area contributed by atoms with Crippen LogP contribution in [0.25, 0.3) is 0 Å². The Morgan fingerprint density at radius 1 is 1.53 bits per heavy atom. The predicted octanol–water partition coefficient (Wildman–Crippen LogP) is 1.73. The number of tetrazole rings is 1. The van der Waals surface area contributed by atoms with Gasteiger partial charge in [0.1, 0.15) is 12.9 Å². The maximum Gasteiger partial charge on any atom is 0.246 e. The molecule has 6 nitrogen and oxygen atoms in total. The highest BCUT2D eigenvalue weighted by Gasteiger charge is 2.05. The van der Waals surface area contributed by atoms with Gasteiger partial charge in [0.25, 0.3) is 0 Å². The third kappa shape index (κ3) is 3.24. The van der Waals surface area contributed by atoms with Crippen molar-refractivity contribution in [1.82, 2.24) is 20.2 Å². The molecule has 0 bridgehead atoms. The Hall–Kier alpha value is -1.47. The van der Waals surface area contributed by atoms with Crippen LogP contribution in [0.2, 0.25) is 5.02 Å². The van der Waals surface area contributed by atoms with E-state index in [2.05, 4.69) is 36.8 Å². The molecule has 1 heterocycles. The minimum atomic E-state index is -0.226. The van der Waals surface area contributed by atoms with E-state index in [1.54, 1.807) is 18.2 Å². The number of hydrogen-bond acceptors (Lipinski definition) is 4. The maximum atomic E-state index is 11.6. The summed E-state index contributed by atoms with van der Waals surface area (Å²) in [6, 6.07) is 5.16. The first kappa shape index (κ1) is 12.0. The average Bonchev–Trinajstić information content (AvgIpc) is 2.76. The Balaban J connectivity index is 2.00. The van der Waals surface area contributed by atoms with Crippen LogP contribution in [-0.4, -0.2) is 26.1 Å². The molecule has 0 aliphatic rings. The minimum Gasteiger partial charge on any atom is -0.324 e. The van der Waals surface area contributed by atoms with Gasteiger partial charge in [0.05, 0.1) is 5.02 Å². The number of benzene rings is 1. The first-order valence-corrected chi connectivity index (χ1v) is 5.78. The SMILES string of the molecule is O=C(Cn1cnnn1)Nc1ccc(Br)c(Cl)c1. The quantitative estimate of drug-likeness (QED) is 0.936. The standard InChI is InChI=1S/C9H7BrClN5O/c10-7-2-1-6(3-8(7)11)13-9(17)4-16-5-12-14-15-16/h1-3,5H,4H2,(H,13,17).